The maximum Gasteiger partial charge on any atom is 0.262 e. The summed E-state index contributed by atoms with van der Waals surface area (Å²) in [7, 11) is 0. The number of thioether (sulfide) groups is 1. The minimum Gasteiger partial charge on any atom is -0.326 e. The van der Waals surface area contributed by atoms with Crippen LogP contribution in [0.15, 0.2) is 89.0 Å². The first-order valence-electron chi connectivity index (χ1n) is 11.9. The van der Waals surface area contributed by atoms with Crippen molar-refractivity contribution in [3.05, 3.63) is 101 Å². The molecule has 2 aliphatic heterocycles. The number of anilines is 1. The van der Waals surface area contributed by atoms with E-state index in [4.69, 9.17) is 16.7 Å². The number of halogens is 1. The number of nitrogens with zero attached hydrogens (tertiary/aromatic N) is 3. The van der Waals surface area contributed by atoms with Crippen molar-refractivity contribution in [1.29, 1.82) is 0 Å². The second kappa shape index (κ2) is 10.7. The molecule has 5 rings (SSSR count). The van der Waals surface area contributed by atoms with Gasteiger partial charge < -0.3 is 5.32 Å². The summed E-state index contributed by atoms with van der Waals surface area (Å²) in [5.41, 5.74) is 4.89. The van der Waals surface area contributed by atoms with Crippen molar-refractivity contribution in [2.75, 3.05) is 5.32 Å². The third-order valence-corrected chi connectivity index (χ3v) is 7.61. The first kappa shape index (κ1) is 24.3. The van der Waals surface area contributed by atoms with E-state index in [1.807, 2.05) is 83.9 Å². The van der Waals surface area contributed by atoms with Gasteiger partial charge >= 0.3 is 0 Å². The average Bonchev–Trinajstić information content (AvgIpc) is 3.49. The van der Waals surface area contributed by atoms with Gasteiger partial charge in [0, 0.05) is 23.6 Å². The SMILES string of the molecule is CCc1ccc(NC(=O)C[C@@H]2SC(N3N=C(c4ccccc4)C[C@@H]3c3ccc(Cl)cc3)=NC2=O)cc1. The lowest BCUT2D eigenvalue weighted by atomic mass is 9.99. The number of amidine groups is 1. The van der Waals surface area contributed by atoms with E-state index in [0.29, 0.717) is 22.3 Å². The largest absolute Gasteiger partial charge is 0.326 e. The monoisotopic (exact) mass is 516 g/mol. The first-order valence-corrected chi connectivity index (χ1v) is 13.1. The number of hydrogen-bond acceptors (Lipinski definition) is 5. The molecule has 0 spiro atoms. The summed E-state index contributed by atoms with van der Waals surface area (Å²) >= 11 is 7.41. The molecule has 2 amide bonds. The summed E-state index contributed by atoms with van der Waals surface area (Å²) in [6.07, 6.45) is 1.64. The quantitative estimate of drug-likeness (QED) is 0.431. The van der Waals surface area contributed by atoms with Crippen LogP contribution >= 0.6 is 23.4 Å². The summed E-state index contributed by atoms with van der Waals surface area (Å²) in [6, 6.07) is 25.2. The summed E-state index contributed by atoms with van der Waals surface area (Å²) in [5.74, 6) is -0.532. The Morgan fingerprint density at radius 3 is 2.47 bits per heavy atom. The molecule has 6 nitrogen and oxygen atoms in total. The van der Waals surface area contributed by atoms with Gasteiger partial charge in [-0.2, -0.15) is 10.1 Å². The van der Waals surface area contributed by atoms with E-state index < -0.39 is 5.25 Å². The zero-order valence-corrected chi connectivity index (χ0v) is 21.3. The Bertz CT molecular complexity index is 1320. The standard InChI is InChI=1S/C28H25ClN4O2S/c1-2-18-8-14-22(15-9-18)30-26(34)17-25-27(35)31-28(36-25)33-24(20-10-12-21(29)13-11-20)16-23(32-33)19-6-4-3-5-7-19/h3-15,24-25H,2,16-17H2,1H3,(H,30,34)/t24-,25+/m1/s1. The lowest BCUT2D eigenvalue weighted by Gasteiger charge is -2.23. The van der Waals surface area contributed by atoms with E-state index in [0.717, 1.165) is 23.3 Å². The van der Waals surface area contributed by atoms with E-state index in [1.54, 1.807) is 0 Å². The molecular formula is C28H25ClN4O2S. The van der Waals surface area contributed by atoms with Crippen molar-refractivity contribution in [2.45, 2.75) is 37.5 Å². The number of carbonyl (C=O) groups excluding carboxylic acids is 2. The zero-order chi connectivity index (χ0) is 25.1. The van der Waals surface area contributed by atoms with Crippen molar-refractivity contribution in [3.63, 3.8) is 0 Å². The Kier molecular flexibility index (Phi) is 7.20. The van der Waals surface area contributed by atoms with Crippen molar-refractivity contribution >= 4 is 51.7 Å². The van der Waals surface area contributed by atoms with Gasteiger partial charge in [-0.15, -0.1) is 0 Å². The molecule has 3 aromatic carbocycles. The van der Waals surface area contributed by atoms with Crippen LogP contribution in [-0.2, 0) is 16.0 Å². The van der Waals surface area contributed by atoms with E-state index in [-0.39, 0.29) is 24.3 Å². The number of aliphatic imine (C=N–C) groups is 1. The molecule has 0 saturated heterocycles. The molecule has 0 fully saturated rings. The molecule has 0 bridgehead atoms. The lowest BCUT2D eigenvalue weighted by Crippen LogP contribution is -2.25. The van der Waals surface area contributed by atoms with Crippen molar-refractivity contribution in [2.24, 2.45) is 10.1 Å². The third kappa shape index (κ3) is 5.37. The van der Waals surface area contributed by atoms with Crippen LogP contribution in [0.3, 0.4) is 0 Å². The molecule has 182 valence electrons. The average molecular weight is 517 g/mol. The van der Waals surface area contributed by atoms with Gasteiger partial charge in [-0.1, -0.05) is 84.9 Å². The highest BCUT2D eigenvalue weighted by Gasteiger charge is 2.39. The van der Waals surface area contributed by atoms with Gasteiger partial charge in [0.05, 0.1) is 11.8 Å². The highest BCUT2D eigenvalue weighted by atomic mass is 35.5. The van der Waals surface area contributed by atoms with Gasteiger partial charge in [0.1, 0.15) is 5.25 Å². The van der Waals surface area contributed by atoms with E-state index in [9.17, 15) is 9.59 Å². The molecule has 0 saturated carbocycles. The van der Waals surface area contributed by atoms with Crippen molar-refractivity contribution in [3.8, 4) is 0 Å². The predicted octanol–water partition coefficient (Wildman–Crippen LogP) is 6.08. The van der Waals surface area contributed by atoms with Crippen LogP contribution in [0.5, 0.6) is 0 Å². The molecule has 2 aliphatic rings. The molecule has 0 aromatic heterocycles. The summed E-state index contributed by atoms with van der Waals surface area (Å²) in [5, 5.41) is 10.1. The number of hydrazone groups is 1. The maximum atomic E-state index is 12.8. The minimum atomic E-state index is -0.586. The van der Waals surface area contributed by atoms with Gasteiger partial charge in [-0.25, -0.2) is 5.01 Å². The fourth-order valence-corrected chi connectivity index (χ4v) is 5.43. The number of rotatable bonds is 6. The minimum absolute atomic E-state index is 0.0424. The summed E-state index contributed by atoms with van der Waals surface area (Å²) < 4.78 is 0. The highest BCUT2D eigenvalue weighted by Crippen LogP contribution is 2.38. The van der Waals surface area contributed by atoms with Crippen LogP contribution in [0, 0.1) is 0 Å². The Labute approximate surface area is 219 Å². The molecule has 36 heavy (non-hydrogen) atoms. The predicted molar refractivity (Wildman–Crippen MR) is 147 cm³/mol. The van der Waals surface area contributed by atoms with Gasteiger partial charge in [-0.3, -0.25) is 9.59 Å². The highest BCUT2D eigenvalue weighted by molar-refractivity contribution is 8.15. The lowest BCUT2D eigenvalue weighted by molar-refractivity contribution is -0.121. The van der Waals surface area contributed by atoms with Crippen molar-refractivity contribution < 1.29 is 9.59 Å². The number of benzene rings is 3. The number of hydrogen-bond donors (Lipinski definition) is 1. The van der Waals surface area contributed by atoms with Gasteiger partial charge in [0.2, 0.25) is 5.91 Å². The molecule has 8 heteroatoms. The van der Waals surface area contributed by atoms with Gasteiger partial charge in [-0.05, 0) is 47.4 Å². The number of amides is 2. The van der Waals surface area contributed by atoms with E-state index in [2.05, 4.69) is 17.2 Å². The van der Waals surface area contributed by atoms with Gasteiger partial charge in [0.25, 0.3) is 5.91 Å². The van der Waals surface area contributed by atoms with E-state index in [1.165, 1.54) is 17.3 Å². The van der Waals surface area contributed by atoms with Crippen molar-refractivity contribution in [1.82, 2.24) is 5.01 Å². The van der Waals surface area contributed by atoms with Crippen LogP contribution in [0.25, 0.3) is 0 Å². The van der Waals surface area contributed by atoms with Crippen LogP contribution in [0.4, 0.5) is 5.69 Å². The first-order chi connectivity index (χ1) is 17.5. The van der Waals surface area contributed by atoms with Crippen LogP contribution < -0.4 is 5.32 Å². The molecule has 0 unspecified atom stereocenters. The normalized spacial score (nSPS) is 19.3. The van der Waals surface area contributed by atoms with Crippen LogP contribution in [0.2, 0.25) is 5.02 Å². The van der Waals surface area contributed by atoms with Crippen LogP contribution in [-0.4, -0.2) is 33.0 Å². The smallest absolute Gasteiger partial charge is 0.262 e. The maximum absolute atomic E-state index is 12.8. The fraction of sp³-hybridized carbons (Fsp3) is 0.214. The molecule has 0 radical (unpaired) electrons. The third-order valence-electron chi connectivity index (χ3n) is 6.21. The molecule has 0 aliphatic carbocycles. The summed E-state index contributed by atoms with van der Waals surface area (Å²) in [6.45, 7) is 2.08. The van der Waals surface area contributed by atoms with Crippen LogP contribution in [0.1, 0.15) is 42.5 Å². The topological polar surface area (TPSA) is 74.1 Å². The number of aryl methyl sites for hydroxylation is 1. The Morgan fingerprint density at radius 1 is 1.06 bits per heavy atom. The second-order valence-corrected chi connectivity index (χ2v) is 10.3. The molecule has 1 N–H and O–H groups in total. The summed E-state index contributed by atoms with van der Waals surface area (Å²) in [4.78, 5) is 29.8. The van der Waals surface area contributed by atoms with E-state index >= 15 is 0 Å². The number of nitrogens with one attached hydrogen (secondary N) is 1. The fourth-order valence-electron chi connectivity index (χ4n) is 4.25. The Hall–Kier alpha value is -3.42. The molecular weight excluding hydrogens is 492 g/mol. The Morgan fingerprint density at radius 2 is 1.78 bits per heavy atom. The number of carbonyl (C=O) groups is 2. The molecule has 2 heterocycles. The molecule has 3 aromatic rings. The second-order valence-electron chi connectivity index (χ2n) is 8.67. The van der Waals surface area contributed by atoms with Gasteiger partial charge in [0.15, 0.2) is 5.17 Å². The zero-order valence-electron chi connectivity index (χ0n) is 19.7. The Balaban J connectivity index is 1.32. The molecule has 2 atom stereocenters.